The minimum absolute atomic E-state index is 0.255. The fourth-order valence-electron chi connectivity index (χ4n) is 1.38. The van der Waals surface area contributed by atoms with E-state index in [9.17, 15) is 4.79 Å². The first-order valence-electron chi connectivity index (χ1n) is 4.98. The molecule has 1 amide bonds. The molecule has 0 fully saturated rings. The van der Waals surface area contributed by atoms with Crippen LogP contribution in [0.5, 0.6) is 0 Å². The number of H-pyrrole nitrogens is 1. The zero-order valence-corrected chi connectivity index (χ0v) is 9.66. The van der Waals surface area contributed by atoms with Crippen LogP contribution in [0.15, 0.2) is 30.3 Å². The monoisotopic (exact) mass is 250 g/mol. The van der Waals surface area contributed by atoms with Crippen molar-refractivity contribution in [3.8, 4) is 0 Å². The van der Waals surface area contributed by atoms with Crippen molar-refractivity contribution in [1.29, 1.82) is 0 Å². The average Bonchev–Trinajstić information content (AvgIpc) is 2.73. The van der Waals surface area contributed by atoms with E-state index in [1.807, 2.05) is 12.1 Å². The third-order valence-corrected chi connectivity index (χ3v) is 2.42. The van der Waals surface area contributed by atoms with Crippen LogP contribution in [0, 0.1) is 0 Å². The molecular weight excluding hydrogens is 240 g/mol. The molecular formula is C11H11ClN4O. The molecule has 4 N–H and O–H groups in total. The fraction of sp³-hybridized carbons (Fsp3) is 0.0909. The smallest absolute Gasteiger partial charge is 0.269 e. The van der Waals surface area contributed by atoms with Crippen molar-refractivity contribution in [2.45, 2.75) is 6.54 Å². The van der Waals surface area contributed by atoms with Crippen molar-refractivity contribution in [2.24, 2.45) is 0 Å². The Balaban J connectivity index is 1.97. The van der Waals surface area contributed by atoms with E-state index in [2.05, 4.69) is 15.5 Å². The van der Waals surface area contributed by atoms with E-state index in [1.54, 1.807) is 12.1 Å². The van der Waals surface area contributed by atoms with E-state index >= 15 is 0 Å². The number of nitrogens with one attached hydrogen (secondary N) is 2. The maximum atomic E-state index is 11.6. The highest BCUT2D eigenvalue weighted by Crippen LogP contribution is 2.10. The molecule has 0 atom stereocenters. The predicted octanol–water partition coefficient (Wildman–Crippen LogP) is 1.58. The summed E-state index contributed by atoms with van der Waals surface area (Å²) in [5.74, 6) is 0.0343. The molecule has 0 saturated carbocycles. The van der Waals surface area contributed by atoms with Gasteiger partial charge in [-0.05, 0) is 17.7 Å². The normalized spacial score (nSPS) is 10.2. The number of anilines is 1. The maximum absolute atomic E-state index is 11.6. The molecule has 0 radical (unpaired) electrons. The topological polar surface area (TPSA) is 83.8 Å². The molecule has 2 rings (SSSR count). The van der Waals surface area contributed by atoms with Crippen LogP contribution in [0.3, 0.4) is 0 Å². The van der Waals surface area contributed by atoms with Gasteiger partial charge in [0.2, 0.25) is 0 Å². The highest BCUT2D eigenvalue weighted by molar-refractivity contribution is 6.30. The van der Waals surface area contributed by atoms with Crippen LogP contribution in [0.2, 0.25) is 5.02 Å². The van der Waals surface area contributed by atoms with Crippen molar-refractivity contribution < 1.29 is 4.79 Å². The summed E-state index contributed by atoms with van der Waals surface area (Å²) in [5, 5.41) is 9.59. The molecule has 88 valence electrons. The molecule has 0 aliphatic carbocycles. The summed E-state index contributed by atoms with van der Waals surface area (Å²) < 4.78 is 0. The summed E-state index contributed by atoms with van der Waals surface area (Å²) >= 11 is 5.84. The lowest BCUT2D eigenvalue weighted by Gasteiger charge is -2.03. The van der Waals surface area contributed by atoms with Gasteiger partial charge in [0.1, 0.15) is 11.5 Å². The van der Waals surface area contributed by atoms with Gasteiger partial charge in [0.05, 0.1) is 0 Å². The van der Waals surface area contributed by atoms with Crippen molar-refractivity contribution >= 4 is 23.3 Å². The van der Waals surface area contributed by atoms with Gasteiger partial charge in [0.15, 0.2) is 0 Å². The Hall–Kier alpha value is -2.01. The fourth-order valence-corrected chi connectivity index (χ4v) is 1.59. The molecule has 1 aromatic heterocycles. The number of aromatic amines is 1. The minimum atomic E-state index is -0.255. The van der Waals surface area contributed by atoms with Crippen molar-refractivity contribution in [1.82, 2.24) is 15.5 Å². The second-order valence-electron chi connectivity index (χ2n) is 3.52. The summed E-state index contributed by atoms with van der Waals surface area (Å²) in [7, 11) is 0. The van der Waals surface area contributed by atoms with Crippen molar-refractivity contribution in [3.63, 3.8) is 0 Å². The van der Waals surface area contributed by atoms with Gasteiger partial charge in [-0.2, -0.15) is 5.10 Å². The Morgan fingerprint density at radius 1 is 1.47 bits per heavy atom. The molecule has 2 aromatic rings. The highest BCUT2D eigenvalue weighted by atomic mass is 35.5. The van der Waals surface area contributed by atoms with Crippen LogP contribution >= 0.6 is 11.6 Å². The maximum Gasteiger partial charge on any atom is 0.269 e. The van der Waals surface area contributed by atoms with Gasteiger partial charge >= 0.3 is 0 Å². The number of hydrogen-bond donors (Lipinski definition) is 3. The number of rotatable bonds is 3. The second-order valence-corrected chi connectivity index (χ2v) is 3.96. The van der Waals surface area contributed by atoms with Crippen molar-refractivity contribution in [2.75, 3.05) is 5.73 Å². The van der Waals surface area contributed by atoms with Gasteiger partial charge < -0.3 is 11.1 Å². The van der Waals surface area contributed by atoms with Crippen molar-refractivity contribution in [3.05, 3.63) is 46.6 Å². The highest BCUT2D eigenvalue weighted by Gasteiger charge is 2.07. The molecule has 1 heterocycles. The van der Waals surface area contributed by atoms with Crippen LogP contribution in [0.1, 0.15) is 16.1 Å². The van der Waals surface area contributed by atoms with Gasteiger partial charge in [0.25, 0.3) is 5.91 Å². The Labute approximate surface area is 103 Å². The van der Waals surface area contributed by atoms with Crippen LogP contribution in [-0.4, -0.2) is 16.1 Å². The molecule has 6 heteroatoms. The zero-order chi connectivity index (χ0) is 12.3. The largest absolute Gasteiger partial charge is 0.382 e. The molecule has 0 unspecified atom stereocenters. The van der Waals surface area contributed by atoms with Crippen LogP contribution in [0.25, 0.3) is 0 Å². The Bertz CT molecular complexity index is 538. The van der Waals surface area contributed by atoms with Crippen LogP contribution in [0.4, 0.5) is 5.82 Å². The summed E-state index contributed by atoms with van der Waals surface area (Å²) in [5.41, 5.74) is 6.67. The number of carbonyl (C=O) groups is 1. The van der Waals surface area contributed by atoms with E-state index in [1.165, 1.54) is 6.07 Å². The standard InChI is InChI=1S/C11H11ClN4O/c12-8-3-1-2-7(4-8)6-14-11(17)9-5-10(13)16-15-9/h1-5H,6H2,(H,14,17)(H3,13,15,16). The molecule has 0 aliphatic rings. The van der Waals surface area contributed by atoms with E-state index in [-0.39, 0.29) is 11.7 Å². The summed E-state index contributed by atoms with van der Waals surface area (Å²) in [6.45, 7) is 0.401. The van der Waals surface area contributed by atoms with E-state index in [0.29, 0.717) is 17.3 Å². The number of amides is 1. The minimum Gasteiger partial charge on any atom is -0.382 e. The molecule has 17 heavy (non-hydrogen) atoms. The molecule has 0 spiro atoms. The molecule has 1 aromatic carbocycles. The van der Waals surface area contributed by atoms with Gasteiger partial charge in [0, 0.05) is 17.6 Å². The zero-order valence-electron chi connectivity index (χ0n) is 8.90. The summed E-state index contributed by atoms with van der Waals surface area (Å²) in [6, 6.07) is 8.77. The lowest BCUT2D eigenvalue weighted by Crippen LogP contribution is -2.23. The Morgan fingerprint density at radius 3 is 2.94 bits per heavy atom. The number of nitrogen functional groups attached to an aromatic ring is 1. The van der Waals surface area contributed by atoms with Crippen LogP contribution in [-0.2, 0) is 6.54 Å². The van der Waals surface area contributed by atoms with E-state index in [4.69, 9.17) is 17.3 Å². The first kappa shape index (κ1) is 11.5. The number of nitrogens with two attached hydrogens (primary N) is 1. The number of benzene rings is 1. The van der Waals surface area contributed by atoms with E-state index in [0.717, 1.165) is 5.56 Å². The summed E-state index contributed by atoms with van der Waals surface area (Å²) in [4.78, 5) is 11.6. The van der Waals surface area contributed by atoms with Gasteiger partial charge in [-0.25, -0.2) is 0 Å². The Kier molecular flexibility index (Phi) is 3.30. The molecule has 0 aliphatic heterocycles. The number of nitrogens with zero attached hydrogens (tertiary/aromatic N) is 1. The Morgan fingerprint density at radius 2 is 2.29 bits per heavy atom. The summed E-state index contributed by atoms with van der Waals surface area (Å²) in [6.07, 6.45) is 0. The van der Waals surface area contributed by atoms with Crippen LogP contribution < -0.4 is 11.1 Å². The lowest BCUT2D eigenvalue weighted by molar-refractivity contribution is 0.0946. The predicted molar refractivity (Wildman–Crippen MR) is 65.6 cm³/mol. The number of aromatic nitrogens is 2. The first-order chi connectivity index (χ1) is 8.15. The number of halogens is 1. The quantitative estimate of drug-likeness (QED) is 0.773. The SMILES string of the molecule is Nc1cc(C(=O)NCc2cccc(Cl)c2)[nH]n1. The molecule has 0 bridgehead atoms. The third kappa shape index (κ3) is 2.98. The average molecular weight is 251 g/mol. The van der Waals surface area contributed by atoms with E-state index < -0.39 is 0 Å². The van der Waals surface area contributed by atoms with Gasteiger partial charge in [-0.3, -0.25) is 9.89 Å². The number of hydrogen-bond acceptors (Lipinski definition) is 3. The molecule has 5 nitrogen and oxygen atoms in total. The number of carbonyl (C=O) groups excluding carboxylic acids is 1. The third-order valence-electron chi connectivity index (χ3n) is 2.18. The second kappa shape index (κ2) is 4.88. The first-order valence-corrected chi connectivity index (χ1v) is 5.36. The molecule has 0 saturated heterocycles. The lowest BCUT2D eigenvalue weighted by atomic mass is 10.2. The van der Waals surface area contributed by atoms with Gasteiger partial charge in [-0.1, -0.05) is 23.7 Å². The van der Waals surface area contributed by atoms with Gasteiger partial charge in [-0.15, -0.1) is 0 Å².